The number of benzene rings is 1. The lowest BCUT2D eigenvalue weighted by Gasteiger charge is -2.04. The quantitative estimate of drug-likeness (QED) is 0.757. The van der Waals surface area contributed by atoms with Gasteiger partial charge in [-0.2, -0.15) is 4.98 Å². The summed E-state index contributed by atoms with van der Waals surface area (Å²) in [5, 5.41) is 7.17. The number of hydrogen-bond donors (Lipinski definition) is 2. The highest BCUT2D eigenvalue weighted by Gasteiger charge is 2.13. The molecular formula is C16H19ClN4O. The molecule has 0 bridgehead atoms. The Labute approximate surface area is 135 Å². The summed E-state index contributed by atoms with van der Waals surface area (Å²) in [5.41, 5.74) is 3.01. The second kappa shape index (κ2) is 7.24. The molecule has 0 aliphatic rings. The summed E-state index contributed by atoms with van der Waals surface area (Å²) in [5.74, 6) is 1.23. The van der Waals surface area contributed by atoms with E-state index >= 15 is 0 Å². The Bertz CT molecular complexity index is 708. The minimum atomic E-state index is 0. The maximum atomic E-state index is 5.33. The number of hydrogen-bond acceptors (Lipinski definition) is 4. The van der Waals surface area contributed by atoms with E-state index < -0.39 is 0 Å². The number of halogens is 1. The van der Waals surface area contributed by atoms with Gasteiger partial charge in [0.15, 0.2) is 5.82 Å². The van der Waals surface area contributed by atoms with E-state index in [2.05, 4.69) is 39.5 Å². The van der Waals surface area contributed by atoms with Gasteiger partial charge >= 0.3 is 0 Å². The number of rotatable bonds is 5. The zero-order valence-corrected chi connectivity index (χ0v) is 13.4. The predicted molar refractivity (Wildman–Crippen MR) is 89.0 cm³/mol. The molecule has 0 saturated carbocycles. The van der Waals surface area contributed by atoms with Crippen LogP contribution < -0.4 is 5.32 Å². The molecule has 0 radical (unpaired) electrons. The molecule has 3 aromatic rings. The van der Waals surface area contributed by atoms with Gasteiger partial charge in [-0.05, 0) is 31.7 Å². The molecule has 22 heavy (non-hydrogen) atoms. The van der Waals surface area contributed by atoms with Crippen LogP contribution in [0.3, 0.4) is 0 Å². The van der Waals surface area contributed by atoms with Crippen LogP contribution in [0.2, 0.25) is 0 Å². The van der Waals surface area contributed by atoms with E-state index in [1.54, 1.807) is 0 Å². The van der Waals surface area contributed by atoms with Crippen LogP contribution in [-0.4, -0.2) is 28.2 Å². The topological polar surface area (TPSA) is 66.7 Å². The number of likely N-dealkylation sites (N-methyl/N-ethyl adjacent to an activating group) is 1. The van der Waals surface area contributed by atoms with E-state index in [9.17, 15) is 0 Å². The third kappa shape index (κ3) is 3.55. The standard InChI is InChI=1S/C16H18N4O.ClH/c1-11(17-2)10-15-19-16(21-20-15)14-9-8-13(18-14)12-6-4-3-5-7-12;/h3-9,11,17-18H,10H2,1-2H3;1H. The highest BCUT2D eigenvalue weighted by Crippen LogP contribution is 2.23. The number of H-pyrrole nitrogens is 1. The largest absolute Gasteiger partial charge is 0.351 e. The SMILES string of the molecule is CNC(C)Cc1noc(-c2ccc(-c3ccccc3)[nH]2)n1.Cl. The van der Waals surface area contributed by atoms with Gasteiger partial charge in [0.1, 0.15) is 5.69 Å². The summed E-state index contributed by atoms with van der Waals surface area (Å²) < 4.78 is 5.33. The third-order valence-corrected chi connectivity index (χ3v) is 3.45. The Balaban J connectivity index is 0.00000176. The van der Waals surface area contributed by atoms with Crippen molar-refractivity contribution in [3.05, 3.63) is 48.3 Å². The lowest BCUT2D eigenvalue weighted by atomic mass is 10.2. The average Bonchev–Trinajstić information content (AvgIpc) is 3.17. The Morgan fingerprint density at radius 3 is 2.59 bits per heavy atom. The second-order valence-electron chi connectivity index (χ2n) is 5.06. The molecule has 2 heterocycles. The van der Waals surface area contributed by atoms with Crippen LogP contribution in [0.4, 0.5) is 0 Å². The number of aromatic nitrogens is 3. The van der Waals surface area contributed by atoms with Crippen LogP contribution in [0.15, 0.2) is 47.0 Å². The number of nitrogens with one attached hydrogen (secondary N) is 2. The molecule has 0 amide bonds. The summed E-state index contributed by atoms with van der Waals surface area (Å²) in [6, 6.07) is 14.4. The van der Waals surface area contributed by atoms with Crippen molar-refractivity contribution >= 4 is 12.4 Å². The molecule has 1 aromatic carbocycles. The molecule has 6 heteroatoms. The number of aromatic amines is 1. The Morgan fingerprint density at radius 1 is 1.14 bits per heavy atom. The van der Waals surface area contributed by atoms with E-state index in [4.69, 9.17) is 4.52 Å². The van der Waals surface area contributed by atoms with E-state index in [-0.39, 0.29) is 12.4 Å². The van der Waals surface area contributed by atoms with Crippen molar-refractivity contribution in [3.8, 4) is 22.8 Å². The molecule has 2 aromatic heterocycles. The lowest BCUT2D eigenvalue weighted by molar-refractivity contribution is 0.417. The molecule has 5 nitrogen and oxygen atoms in total. The van der Waals surface area contributed by atoms with E-state index in [0.29, 0.717) is 17.8 Å². The smallest absolute Gasteiger partial charge is 0.274 e. The molecule has 3 rings (SSSR count). The minimum absolute atomic E-state index is 0. The highest BCUT2D eigenvalue weighted by atomic mass is 35.5. The van der Waals surface area contributed by atoms with Crippen LogP contribution >= 0.6 is 12.4 Å². The minimum Gasteiger partial charge on any atom is -0.351 e. The van der Waals surface area contributed by atoms with Crippen LogP contribution in [-0.2, 0) is 6.42 Å². The van der Waals surface area contributed by atoms with Gasteiger partial charge in [-0.15, -0.1) is 12.4 Å². The lowest BCUT2D eigenvalue weighted by Crippen LogP contribution is -2.24. The van der Waals surface area contributed by atoms with Crippen molar-refractivity contribution in [2.75, 3.05) is 7.05 Å². The van der Waals surface area contributed by atoms with Gasteiger partial charge in [0, 0.05) is 18.2 Å². The maximum Gasteiger partial charge on any atom is 0.274 e. The zero-order valence-electron chi connectivity index (χ0n) is 12.5. The summed E-state index contributed by atoms with van der Waals surface area (Å²) in [6.07, 6.45) is 0.742. The van der Waals surface area contributed by atoms with Crippen molar-refractivity contribution in [1.82, 2.24) is 20.4 Å². The summed E-state index contributed by atoms with van der Waals surface area (Å²) in [6.45, 7) is 2.08. The van der Waals surface area contributed by atoms with Crippen LogP contribution in [0.1, 0.15) is 12.7 Å². The first-order valence-corrected chi connectivity index (χ1v) is 7.01. The summed E-state index contributed by atoms with van der Waals surface area (Å²) in [4.78, 5) is 7.74. The molecule has 2 N–H and O–H groups in total. The van der Waals surface area contributed by atoms with Crippen molar-refractivity contribution in [2.45, 2.75) is 19.4 Å². The van der Waals surface area contributed by atoms with Gasteiger partial charge in [0.05, 0.1) is 0 Å². The van der Waals surface area contributed by atoms with Crippen LogP contribution in [0, 0.1) is 0 Å². The Morgan fingerprint density at radius 2 is 1.86 bits per heavy atom. The molecular weight excluding hydrogens is 300 g/mol. The Hall–Kier alpha value is -2.11. The monoisotopic (exact) mass is 318 g/mol. The van der Waals surface area contributed by atoms with Gasteiger partial charge in [-0.25, -0.2) is 0 Å². The first kappa shape index (κ1) is 16.3. The second-order valence-corrected chi connectivity index (χ2v) is 5.06. The molecule has 0 aliphatic carbocycles. The highest BCUT2D eigenvalue weighted by molar-refractivity contribution is 5.85. The predicted octanol–water partition coefficient (Wildman–Crippen LogP) is 3.30. The van der Waals surface area contributed by atoms with Gasteiger partial charge in [-0.3, -0.25) is 0 Å². The van der Waals surface area contributed by atoms with E-state index in [1.165, 1.54) is 0 Å². The van der Waals surface area contributed by atoms with Crippen molar-refractivity contribution in [2.24, 2.45) is 0 Å². The summed E-state index contributed by atoms with van der Waals surface area (Å²) in [7, 11) is 1.92. The van der Waals surface area contributed by atoms with Crippen molar-refractivity contribution in [3.63, 3.8) is 0 Å². The van der Waals surface area contributed by atoms with E-state index in [0.717, 1.165) is 23.4 Å². The van der Waals surface area contributed by atoms with Gasteiger partial charge in [0.25, 0.3) is 5.89 Å². The number of nitrogens with zero attached hydrogens (tertiary/aromatic N) is 2. The van der Waals surface area contributed by atoms with Gasteiger partial charge < -0.3 is 14.8 Å². The molecule has 0 aliphatic heterocycles. The summed E-state index contributed by atoms with van der Waals surface area (Å²) >= 11 is 0. The first-order valence-electron chi connectivity index (χ1n) is 7.01. The normalized spacial score (nSPS) is 11.9. The average molecular weight is 319 g/mol. The fourth-order valence-electron chi connectivity index (χ4n) is 2.13. The molecule has 1 atom stereocenters. The fraction of sp³-hybridized carbons (Fsp3) is 0.250. The third-order valence-electron chi connectivity index (χ3n) is 3.45. The molecule has 0 spiro atoms. The van der Waals surface area contributed by atoms with Crippen molar-refractivity contribution in [1.29, 1.82) is 0 Å². The Kier molecular flexibility index (Phi) is 5.35. The molecule has 116 valence electrons. The van der Waals surface area contributed by atoms with Crippen molar-refractivity contribution < 1.29 is 4.52 Å². The van der Waals surface area contributed by atoms with E-state index in [1.807, 2.05) is 37.4 Å². The van der Waals surface area contributed by atoms with Gasteiger partial charge in [0.2, 0.25) is 0 Å². The molecule has 0 fully saturated rings. The molecule has 1 unspecified atom stereocenters. The maximum absolute atomic E-state index is 5.33. The van der Waals surface area contributed by atoms with Crippen LogP contribution in [0.5, 0.6) is 0 Å². The van der Waals surface area contributed by atoms with Gasteiger partial charge in [-0.1, -0.05) is 35.5 Å². The first-order chi connectivity index (χ1) is 10.3. The fourth-order valence-corrected chi connectivity index (χ4v) is 2.13. The zero-order chi connectivity index (χ0) is 14.7. The van der Waals surface area contributed by atoms with Crippen LogP contribution in [0.25, 0.3) is 22.8 Å². The molecule has 0 saturated heterocycles.